The first-order valence-electron chi connectivity index (χ1n) is 6.75. The van der Waals surface area contributed by atoms with Crippen molar-refractivity contribution >= 4 is 15.7 Å². The number of benzene rings is 1. The summed E-state index contributed by atoms with van der Waals surface area (Å²) in [6.07, 6.45) is 2.61. The van der Waals surface area contributed by atoms with Gasteiger partial charge in [-0.2, -0.15) is 5.10 Å². The van der Waals surface area contributed by atoms with Gasteiger partial charge in [0.05, 0.1) is 10.6 Å². The Morgan fingerprint density at radius 1 is 1.24 bits per heavy atom. The molecule has 0 amide bonds. The molecule has 0 unspecified atom stereocenters. The van der Waals surface area contributed by atoms with E-state index in [0.717, 1.165) is 23.4 Å². The summed E-state index contributed by atoms with van der Waals surface area (Å²) < 4.78 is 28.8. The Kier molecular flexibility index (Phi) is 4.64. The molecule has 7 heteroatoms. The first-order valence-corrected chi connectivity index (χ1v) is 8.23. The zero-order valence-corrected chi connectivity index (χ0v) is 13.2. The van der Waals surface area contributed by atoms with E-state index in [0.29, 0.717) is 0 Å². The second-order valence-corrected chi connectivity index (χ2v) is 6.49. The van der Waals surface area contributed by atoms with E-state index in [1.165, 1.54) is 0 Å². The number of anilines is 1. The topological polar surface area (TPSA) is 76.0 Å². The number of sulfonamides is 1. The zero-order chi connectivity index (χ0) is 15.5. The van der Waals surface area contributed by atoms with Gasteiger partial charge in [0.25, 0.3) is 0 Å². The van der Waals surface area contributed by atoms with Crippen molar-refractivity contribution in [1.82, 2.24) is 14.5 Å². The molecule has 2 rings (SSSR count). The smallest absolute Gasteiger partial charge is 0.240 e. The lowest BCUT2D eigenvalue weighted by Gasteiger charge is -2.07. The van der Waals surface area contributed by atoms with Crippen LogP contribution >= 0.6 is 0 Å². The van der Waals surface area contributed by atoms with Gasteiger partial charge in [-0.05, 0) is 30.7 Å². The number of aryl methyl sites for hydroxylation is 2. The van der Waals surface area contributed by atoms with Gasteiger partial charge >= 0.3 is 0 Å². The zero-order valence-electron chi connectivity index (χ0n) is 12.4. The van der Waals surface area contributed by atoms with Crippen LogP contribution in [0.5, 0.6) is 0 Å². The van der Waals surface area contributed by atoms with Crippen LogP contribution in [-0.4, -0.2) is 25.2 Å². The first-order chi connectivity index (χ1) is 9.96. The highest BCUT2D eigenvalue weighted by Gasteiger charge is 2.15. The minimum Gasteiger partial charge on any atom is -0.388 e. The average molecular weight is 308 g/mol. The van der Waals surface area contributed by atoms with Gasteiger partial charge in [-0.1, -0.05) is 6.92 Å². The highest BCUT2D eigenvalue weighted by atomic mass is 32.2. The third-order valence-corrected chi connectivity index (χ3v) is 4.65. The highest BCUT2D eigenvalue weighted by molar-refractivity contribution is 7.89. The second kappa shape index (κ2) is 6.28. The van der Waals surface area contributed by atoms with Gasteiger partial charge in [0.2, 0.25) is 10.0 Å². The molecule has 0 aliphatic heterocycles. The van der Waals surface area contributed by atoms with Gasteiger partial charge in [0.15, 0.2) is 0 Å². The monoisotopic (exact) mass is 308 g/mol. The molecular formula is C14H20N4O2S. The SMILES string of the molecule is CCc1nn(C)cc1CNS(=O)(=O)c1ccc(NC)cc1. The maximum atomic E-state index is 12.3. The average Bonchev–Trinajstić information content (AvgIpc) is 2.85. The van der Waals surface area contributed by atoms with E-state index in [9.17, 15) is 8.42 Å². The minimum atomic E-state index is -3.51. The molecule has 0 fully saturated rings. The second-order valence-electron chi connectivity index (χ2n) is 4.73. The molecule has 0 radical (unpaired) electrons. The maximum Gasteiger partial charge on any atom is 0.240 e. The molecule has 114 valence electrons. The van der Waals surface area contributed by atoms with Crippen molar-refractivity contribution in [1.29, 1.82) is 0 Å². The number of aromatic nitrogens is 2. The van der Waals surface area contributed by atoms with E-state index in [1.54, 1.807) is 36.0 Å². The number of hydrogen-bond acceptors (Lipinski definition) is 4. The quantitative estimate of drug-likeness (QED) is 0.848. The number of nitrogens with one attached hydrogen (secondary N) is 2. The Labute approximate surface area is 125 Å². The van der Waals surface area contributed by atoms with Crippen LogP contribution < -0.4 is 10.0 Å². The van der Waals surface area contributed by atoms with Gasteiger partial charge < -0.3 is 5.32 Å². The fraction of sp³-hybridized carbons (Fsp3) is 0.357. The fourth-order valence-electron chi connectivity index (χ4n) is 2.09. The molecule has 6 nitrogen and oxygen atoms in total. The van der Waals surface area contributed by atoms with E-state index < -0.39 is 10.0 Å². The lowest BCUT2D eigenvalue weighted by atomic mass is 10.2. The highest BCUT2D eigenvalue weighted by Crippen LogP contribution is 2.14. The molecular weight excluding hydrogens is 288 g/mol. The third-order valence-electron chi connectivity index (χ3n) is 3.23. The number of rotatable bonds is 6. The summed E-state index contributed by atoms with van der Waals surface area (Å²) in [4.78, 5) is 0.253. The van der Waals surface area contributed by atoms with E-state index in [4.69, 9.17) is 0 Å². The lowest BCUT2D eigenvalue weighted by molar-refractivity contribution is 0.581. The third kappa shape index (κ3) is 3.62. The molecule has 2 aromatic rings. The lowest BCUT2D eigenvalue weighted by Crippen LogP contribution is -2.23. The van der Waals surface area contributed by atoms with Crippen LogP contribution in [0.25, 0.3) is 0 Å². The number of nitrogens with zero attached hydrogens (tertiary/aromatic N) is 2. The summed E-state index contributed by atoms with van der Waals surface area (Å²) >= 11 is 0. The summed E-state index contributed by atoms with van der Waals surface area (Å²) in [6.45, 7) is 2.24. The van der Waals surface area contributed by atoms with Gasteiger partial charge in [-0.15, -0.1) is 0 Å². The molecule has 2 N–H and O–H groups in total. The van der Waals surface area contributed by atoms with Crippen LogP contribution in [0.15, 0.2) is 35.4 Å². The van der Waals surface area contributed by atoms with Crippen molar-refractivity contribution in [3.63, 3.8) is 0 Å². The van der Waals surface area contributed by atoms with E-state index >= 15 is 0 Å². The van der Waals surface area contributed by atoms with Gasteiger partial charge in [0.1, 0.15) is 0 Å². The van der Waals surface area contributed by atoms with Crippen LogP contribution in [0.1, 0.15) is 18.2 Å². The molecule has 1 aromatic heterocycles. The Hall–Kier alpha value is -1.86. The maximum absolute atomic E-state index is 12.3. The van der Waals surface area contributed by atoms with E-state index in [-0.39, 0.29) is 11.4 Å². The largest absolute Gasteiger partial charge is 0.388 e. The first kappa shape index (κ1) is 15.5. The predicted molar refractivity (Wildman–Crippen MR) is 82.6 cm³/mol. The van der Waals surface area contributed by atoms with Crippen LogP contribution in [0.4, 0.5) is 5.69 Å². The van der Waals surface area contributed by atoms with E-state index in [2.05, 4.69) is 15.1 Å². The molecule has 21 heavy (non-hydrogen) atoms. The Morgan fingerprint density at radius 3 is 2.48 bits per heavy atom. The van der Waals surface area contributed by atoms with Crippen LogP contribution in [0.3, 0.4) is 0 Å². The molecule has 0 aliphatic carbocycles. The summed E-state index contributed by atoms with van der Waals surface area (Å²) in [7, 11) is 0.101. The van der Waals surface area contributed by atoms with Crippen molar-refractivity contribution in [2.75, 3.05) is 12.4 Å². The Bertz CT molecular complexity index is 705. The molecule has 0 atom stereocenters. The van der Waals surface area contributed by atoms with E-state index in [1.807, 2.05) is 20.2 Å². The Morgan fingerprint density at radius 2 is 1.90 bits per heavy atom. The van der Waals surface area contributed by atoms with Crippen LogP contribution in [0.2, 0.25) is 0 Å². The van der Waals surface area contributed by atoms with Crippen molar-refractivity contribution in [2.45, 2.75) is 24.8 Å². The minimum absolute atomic E-state index is 0.243. The summed E-state index contributed by atoms with van der Waals surface area (Å²) in [5, 5.41) is 7.25. The van der Waals surface area contributed by atoms with Crippen molar-refractivity contribution in [3.8, 4) is 0 Å². The molecule has 1 heterocycles. The summed E-state index contributed by atoms with van der Waals surface area (Å²) in [6, 6.07) is 6.63. The standard InChI is InChI=1S/C14H20N4O2S/c1-4-14-11(10-18(3)17-14)9-16-21(19,20)13-7-5-12(15-2)6-8-13/h5-8,10,15-16H,4,9H2,1-3H3. The van der Waals surface area contributed by atoms with Crippen LogP contribution in [-0.2, 0) is 30.0 Å². The van der Waals surface area contributed by atoms with Gasteiger partial charge in [-0.25, -0.2) is 13.1 Å². The molecule has 0 saturated heterocycles. The van der Waals surface area contributed by atoms with Crippen LogP contribution in [0, 0.1) is 0 Å². The molecule has 1 aromatic carbocycles. The fourth-order valence-corrected chi connectivity index (χ4v) is 3.09. The number of hydrogen-bond donors (Lipinski definition) is 2. The molecule has 0 spiro atoms. The summed E-state index contributed by atoms with van der Waals surface area (Å²) in [5.41, 5.74) is 2.68. The van der Waals surface area contributed by atoms with Crippen molar-refractivity contribution < 1.29 is 8.42 Å². The van der Waals surface area contributed by atoms with Crippen molar-refractivity contribution in [3.05, 3.63) is 41.7 Å². The molecule has 0 bridgehead atoms. The van der Waals surface area contributed by atoms with Gasteiger partial charge in [-0.3, -0.25) is 4.68 Å². The Balaban J connectivity index is 2.13. The molecule has 0 aliphatic rings. The molecule has 0 saturated carbocycles. The van der Waals surface area contributed by atoms with Gasteiger partial charge in [0, 0.05) is 38.1 Å². The van der Waals surface area contributed by atoms with Crippen molar-refractivity contribution in [2.24, 2.45) is 7.05 Å². The predicted octanol–water partition coefficient (Wildman–Crippen LogP) is 1.50. The summed E-state index contributed by atoms with van der Waals surface area (Å²) in [5.74, 6) is 0. The normalized spacial score (nSPS) is 11.6.